The molecule has 7 heteroatoms. The first-order chi connectivity index (χ1) is 6.82. The molecule has 0 radical (unpaired) electrons. The smallest absolute Gasteiger partial charge is 0.264 e. The van der Waals surface area contributed by atoms with Crippen molar-refractivity contribution >= 4 is 0 Å². The Balaban J connectivity index is 3.16. The average Bonchev–Trinajstić information content (AvgIpc) is 2.25. The van der Waals surface area contributed by atoms with Crippen molar-refractivity contribution in [3.8, 4) is 0 Å². The van der Waals surface area contributed by atoms with Crippen LogP contribution in [0, 0.1) is 10.1 Å². The molecule has 1 aliphatic rings. The largest absolute Gasteiger partial charge is 0.419 e. The Bertz CT molecular complexity index is 367. The lowest BCUT2D eigenvalue weighted by atomic mass is 10.1. The Morgan fingerprint density at radius 1 is 1.40 bits per heavy atom. The highest BCUT2D eigenvalue weighted by atomic mass is 19.4. The van der Waals surface area contributed by atoms with Crippen LogP contribution in [0.25, 0.3) is 0 Å². The zero-order valence-electron chi connectivity index (χ0n) is 7.16. The standard InChI is InChI=1S/C8H5F4NO2/c9-7-3-1-2-5(13(14)15)4-6(7)8(10,11)12/h1-5H. The van der Waals surface area contributed by atoms with Gasteiger partial charge in [-0.25, -0.2) is 4.39 Å². The highest BCUT2D eigenvalue weighted by Gasteiger charge is 2.38. The van der Waals surface area contributed by atoms with Crippen molar-refractivity contribution in [2.24, 2.45) is 0 Å². The summed E-state index contributed by atoms with van der Waals surface area (Å²) in [5.41, 5.74) is -1.62. The predicted octanol–water partition coefficient (Wildman–Crippen LogP) is 2.54. The maximum atomic E-state index is 12.8. The van der Waals surface area contributed by atoms with Gasteiger partial charge in [0.25, 0.3) is 6.04 Å². The summed E-state index contributed by atoms with van der Waals surface area (Å²) in [6.07, 6.45) is -2.38. The molecule has 82 valence electrons. The molecule has 0 saturated carbocycles. The SMILES string of the molecule is O=[N+]([O-])C1C=CC=C(F)C(C(F)(F)F)=C1. The number of nitrogens with zero attached hydrogens (tertiary/aromatic N) is 1. The van der Waals surface area contributed by atoms with E-state index in [-0.39, 0.29) is 6.08 Å². The number of allylic oxidation sites excluding steroid dienone is 4. The van der Waals surface area contributed by atoms with Crippen LogP contribution in [0.4, 0.5) is 17.6 Å². The fourth-order valence-corrected chi connectivity index (χ4v) is 1.01. The Morgan fingerprint density at radius 2 is 2.00 bits per heavy atom. The molecule has 1 atom stereocenters. The number of hydrogen-bond donors (Lipinski definition) is 0. The third-order valence-corrected chi connectivity index (χ3v) is 1.69. The summed E-state index contributed by atoms with van der Waals surface area (Å²) in [5.74, 6) is -1.52. The normalized spacial score (nSPS) is 21.7. The molecule has 1 aliphatic carbocycles. The van der Waals surface area contributed by atoms with Gasteiger partial charge in [-0.1, -0.05) is 6.08 Å². The van der Waals surface area contributed by atoms with E-state index in [4.69, 9.17) is 0 Å². The van der Waals surface area contributed by atoms with E-state index in [1.54, 1.807) is 0 Å². The molecule has 0 N–H and O–H groups in total. The molecule has 0 spiro atoms. The number of halogens is 4. The van der Waals surface area contributed by atoms with Gasteiger partial charge in [-0.3, -0.25) is 10.1 Å². The van der Waals surface area contributed by atoms with Crippen molar-refractivity contribution in [3.63, 3.8) is 0 Å². The Hall–Kier alpha value is -1.66. The van der Waals surface area contributed by atoms with E-state index in [9.17, 15) is 27.7 Å². The first-order valence-corrected chi connectivity index (χ1v) is 3.79. The van der Waals surface area contributed by atoms with Gasteiger partial charge in [0.1, 0.15) is 5.83 Å². The van der Waals surface area contributed by atoms with Crippen LogP contribution >= 0.6 is 0 Å². The monoisotopic (exact) mass is 223 g/mol. The molecule has 15 heavy (non-hydrogen) atoms. The van der Waals surface area contributed by atoms with Crippen molar-refractivity contribution in [2.45, 2.75) is 12.2 Å². The van der Waals surface area contributed by atoms with Crippen molar-refractivity contribution in [2.75, 3.05) is 0 Å². The summed E-state index contributed by atoms with van der Waals surface area (Å²) in [4.78, 5) is 9.35. The molecule has 0 aromatic rings. The second-order valence-electron chi connectivity index (χ2n) is 2.75. The van der Waals surface area contributed by atoms with Gasteiger partial charge < -0.3 is 0 Å². The highest BCUT2D eigenvalue weighted by molar-refractivity contribution is 5.36. The minimum Gasteiger partial charge on any atom is -0.264 e. The molecule has 0 amide bonds. The van der Waals surface area contributed by atoms with Gasteiger partial charge in [0.2, 0.25) is 0 Å². The van der Waals surface area contributed by atoms with Gasteiger partial charge in [0.15, 0.2) is 0 Å². The van der Waals surface area contributed by atoms with E-state index >= 15 is 0 Å². The van der Waals surface area contributed by atoms with Crippen LogP contribution in [-0.4, -0.2) is 17.1 Å². The summed E-state index contributed by atoms with van der Waals surface area (Å²) in [6.45, 7) is 0. The average molecular weight is 223 g/mol. The van der Waals surface area contributed by atoms with Gasteiger partial charge in [0.05, 0.1) is 5.57 Å². The van der Waals surface area contributed by atoms with Crippen LogP contribution in [0.3, 0.4) is 0 Å². The minimum atomic E-state index is -4.93. The summed E-state index contributed by atoms with van der Waals surface area (Å²) in [7, 11) is 0. The van der Waals surface area contributed by atoms with Crippen LogP contribution in [0.2, 0.25) is 0 Å². The lowest BCUT2D eigenvalue weighted by Gasteiger charge is -2.08. The molecule has 0 fully saturated rings. The molecule has 0 heterocycles. The Labute approximate surface area is 81.5 Å². The van der Waals surface area contributed by atoms with Crippen LogP contribution in [0.1, 0.15) is 0 Å². The van der Waals surface area contributed by atoms with Crippen molar-refractivity contribution < 1.29 is 22.5 Å². The molecule has 0 aromatic heterocycles. The molecule has 0 bridgehead atoms. The summed E-state index contributed by atoms with van der Waals surface area (Å²) >= 11 is 0. The third kappa shape index (κ3) is 2.64. The van der Waals surface area contributed by atoms with Crippen LogP contribution in [0.15, 0.2) is 35.7 Å². The maximum absolute atomic E-state index is 12.8. The first kappa shape index (κ1) is 11.4. The highest BCUT2D eigenvalue weighted by Crippen LogP contribution is 2.33. The lowest BCUT2D eigenvalue weighted by Crippen LogP contribution is -2.19. The number of alkyl halides is 3. The molecule has 0 saturated heterocycles. The molecule has 1 rings (SSSR count). The van der Waals surface area contributed by atoms with E-state index in [0.29, 0.717) is 6.08 Å². The van der Waals surface area contributed by atoms with Gasteiger partial charge in [0, 0.05) is 11.0 Å². The second-order valence-corrected chi connectivity index (χ2v) is 2.75. The molecule has 0 aromatic carbocycles. The van der Waals surface area contributed by atoms with E-state index in [1.165, 1.54) is 0 Å². The maximum Gasteiger partial charge on any atom is 0.419 e. The third-order valence-electron chi connectivity index (χ3n) is 1.69. The van der Waals surface area contributed by atoms with Crippen LogP contribution in [-0.2, 0) is 0 Å². The Kier molecular flexibility index (Phi) is 2.92. The zero-order valence-corrected chi connectivity index (χ0v) is 7.16. The quantitative estimate of drug-likeness (QED) is 0.389. The fourth-order valence-electron chi connectivity index (χ4n) is 1.01. The van der Waals surface area contributed by atoms with Gasteiger partial charge in [-0.05, 0) is 12.2 Å². The van der Waals surface area contributed by atoms with E-state index in [0.717, 1.165) is 12.2 Å². The van der Waals surface area contributed by atoms with Gasteiger partial charge in [-0.15, -0.1) is 0 Å². The van der Waals surface area contributed by atoms with Crippen LogP contribution in [0.5, 0.6) is 0 Å². The molecular formula is C8H5F4NO2. The van der Waals surface area contributed by atoms with E-state index in [2.05, 4.69) is 0 Å². The first-order valence-electron chi connectivity index (χ1n) is 3.79. The molecule has 3 nitrogen and oxygen atoms in total. The Morgan fingerprint density at radius 3 is 2.47 bits per heavy atom. The van der Waals surface area contributed by atoms with Crippen molar-refractivity contribution in [1.29, 1.82) is 0 Å². The number of rotatable bonds is 1. The minimum absolute atomic E-state index is 0.245. The topological polar surface area (TPSA) is 43.1 Å². The molecule has 1 unspecified atom stereocenters. The summed E-state index contributed by atoms with van der Waals surface area (Å²) in [6, 6.07) is -1.66. The number of nitro groups is 1. The van der Waals surface area contributed by atoms with Crippen LogP contribution < -0.4 is 0 Å². The summed E-state index contributed by atoms with van der Waals surface area (Å²) < 4.78 is 49.5. The van der Waals surface area contributed by atoms with E-state index < -0.39 is 28.5 Å². The van der Waals surface area contributed by atoms with E-state index in [1.807, 2.05) is 0 Å². The fraction of sp³-hybridized carbons (Fsp3) is 0.250. The van der Waals surface area contributed by atoms with Gasteiger partial charge >= 0.3 is 6.18 Å². The zero-order chi connectivity index (χ0) is 11.6. The lowest BCUT2D eigenvalue weighted by molar-refractivity contribution is -0.496. The summed E-state index contributed by atoms with van der Waals surface area (Å²) in [5, 5.41) is 10.3. The van der Waals surface area contributed by atoms with Crippen molar-refractivity contribution in [1.82, 2.24) is 0 Å². The second kappa shape index (κ2) is 3.84. The van der Waals surface area contributed by atoms with Gasteiger partial charge in [-0.2, -0.15) is 13.2 Å². The molecule has 0 aliphatic heterocycles. The van der Waals surface area contributed by atoms with Crippen molar-refractivity contribution in [3.05, 3.63) is 45.8 Å². The number of hydrogen-bond acceptors (Lipinski definition) is 2. The molecular weight excluding hydrogens is 218 g/mol. The predicted molar refractivity (Wildman–Crippen MR) is 43.3 cm³/mol.